The highest BCUT2D eigenvalue weighted by Crippen LogP contribution is 2.31. The number of methoxy groups -OCH3 is 1. The average Bonchev–Trinajstić information content (AvgIpc) is 2.47. The van der Waals surface area contributed by atoms with Gasteiger partial charge < -0.3 is 15.4 Å². The van der Waals surface area contributed by atoms with Crippen molar-refractivity contribution in [2.45, 2.75) is 26.3 Å². The Kier molecular flexibility index (Phi) is 4.70. The summed E-state index contributed by atoms with van der Waals surface area (Å²) in [5, 5.41) is 0. The quantitative estimate of drug-likeness (QED) is 0.860. The van der Waals surface area contributed by atoms with Gasteiger partial charge in [-0.2, -0.15) is 0 Å². The van der Waals surface area contributed by atoms with Gasteiger partial charge in [-0.1, -0.05) is 6.92 Å². The van der Waals surface area contributed by atoms with Crippen LogP contribution in [0.4, 0.5) is 15.8 Å². The number of ether oxygens (including phenoxy) is 1. The van der Waals surface area contributed by atoms with E-state index in [-0.39, 0.29) is 5.75 Å². The smallest absolute Gasteiger partial charge is 0.167 e. The number of piperazine rings is 1. The van der Waals surface area contributed by atoms with E-state index in [1.165, 1.54) is 13.2 Å². The lowest BCUT2D eigenvalue weighted by atomic mass is 10.1. The number of halogens is 1. The zero-order chi connectivity index (χ0) is 14.7. The molecular formula is C15H24FN3O. The van der Waals surface area contributed by atoms with Gasteiger partial charge in [-0.3, -0.25) is 4.90 Å². The number of nitrogen functional groups attached to an aromatic ring is 1. The van der Waals surface area contributed by atoms with E-state index >= 15 is 0 Å². The molecule has 1 atom stereocenters. The fourth-order valence-corrected chi connectivity index (χ4v) is 2.65. The molecule has 1 aromatic rings. The zero-order valence-corrected chi connectivity index (χ0v) is 12.5. The molecule has 1 aliphatic heterocycles. The summed E-state index contributed by atoms with van der Waals surface area (Å²) < 4.78 is 18.6. The van der Waals surface area contributed by atoms with Crippen LogP contribution in [0.1, 0.15) is 20.3 Å². The molecule has 5 heteroatoms. The maximum atomic E-state index is 13.6. The molecule has 20 heavy (non-hydrogen) atoms. The Balaban J connectivity index is 2.10. The standard InChI is InChI=1S/C15H24FN3O/c1-4-11(2)18-5-7-19(8-6-18)14-10-15(20-3)12(16)9-13(14)17/h9-11H,4-8,17H2,1-3H3. The fraction of sp³-hybridized carbons (Fsp3) is 0.600. The molecule has 0 bridgehead atoms. The second-order valence-corrected chi connectivity index (χ2v) is 5.33. The van der Waals surface area contributed by atoms with E-state index in [0.717, 1.165) is 38.3 Å². The maximum Gasteiger partial charge on any atom is 0.167 e. The summed E-state index contributed by atoms with van der Waals surface area (Å²) in [5.74, 6) is -0.162. The van der Waals surface area contributed by atoms with Crippen LogP contribution >= 0.6 is 0 Å². The summed E-state index contributed by atoms with van der Waals surface area (Å²) in [4.78, 5) is 4.68. The van der Waals surface area contributed by atoms with Crippen LogP contribution in [-0.2, 0) is 0 Å². The lowest BCUT2D eigenvalue weighted by Gasteiger charge is -2.39. The van der Waals surface area contributed by atoms with Crippen LogP contribution in [0, 0.1) is 5.82 Å². The largest absolute Gasteiger partial charge is 0.494 e. The minimum absolute atomic E-state index is 0.249. The lowest BCUT2D eigenvalue weighted by molar-refractivity contribution is 0.193. The summed E-state index contributed by atoms with van der Waals surface area (Å²) in [5.41, 5.74) is 7.29. The first-order chi connectivity index (χ1) is 9.56. The molecule has 0 aromatic heterocycles. The highest BCUT2D eigenvalue weighted by Gasteiger charge is 2.22. The number of nitrogens with two attached hydrogens (primary N) is 1. The van der Waals surface area contributed by atoms with Crippen LogP contribution in [0.25, 0.3) is 0 Å². The van der Waals surface area contributed by atoms with Crippen LogP contribution in [0.5, 0.6) is 5.75 Å². The Morgan fingerprint density at radius 3 is 2.50 bits per heavy atom. The van der Waals surface area contributed by atoms with Crippen molar-refractivity contribution >= 4 is 11.4 Å². The molecule has 1 unspecified atom stereocenters. The van der Waals surface area contributed by atoms with Crippen molar-refractivity contribution in [1.82, 2.24) is 4.90 Å². The van der Waals surface area contributed by atoms with Gasteiger partial charge in [0.25, 0.3) is 0 Å². The summed E-state index contributed by atoms with van der Waals surface area (Å²) in [6.45, 7) is 8.29. The predicted octanol–water partition coefficient (Wildman–Crippen LogP) is 2.34. The van der Waals surface area contributed by atoms with E-state index in [2.05, 4.69) is 23.6 Å². The highest BCUT2D eigenvalue weighted by molar-refractivity contribution is 5.70. The molecule has 0 radical (unpaired) electrons. The first kappa shape index (κ1) is 14.9. The number of rotatable bonds is 4. The van der Waals surface area contributed by atoms with Crippen LogP contribution in [0.2, 0.25) is 0 Å². The Morgan fingerprint density at radius 2 is 1.95 bits per heavy atom. The summed E-state index contributed by atoms with van der Waals surface area (Å²) in [7, 11) is 1.47. The number of nitrogens with zero attached hydrogens (tertiary/aromatic N) is 2. The molecule has 2 N–H and O–H groups in total. The minimum atomic E-state index is -0.410. The summed E-state index contributed by atoms with van der Waals surface area (Å²) in [6, 6.07) is 3.65. The van der Waals surface area contributed by atoms with Crippen LogP contribution in [0.15, 0.2) is 12.1 Å². The normalized spacial score (nSPS) is 18.1. The molecule has 1 fully saturated rings. The fourth-order valence-electron chi connectivity index (χ4n) is 2.65. The van der Waals surface area contributed by atoms with Crippen LogP contribution in [-0.4, -0.2) is 44.2 Å². The zero-order valence-electron chi connectivity index (χ0n) is 12.5. The summed E-state index contributed by atoms with van der Waals surface area (Å²) in [6.07, 6.45) is 1.16. The predicted molar refractivity (Wildman–Crippen MR) is 80.9 cm³/mol. The Labute approximate surface area is 120 Å². The van der Waals surface area contributed by atoms with Gasteiger partial charge >= 0.3 is 0 Å². The van der Waals surface area contributed by atoms with E-state index < -0.39 is 5.82 Å². The molecule has 2 rings (SSSR count). The van der Waals surface area contributed by atoms with Gasteiger partial charge in [0.2, 0.25) is 0 Å². The van der Waals surface area contributed by atoms with E-state index in [1.807, 2.05) is 0 Å². The lowest BCUT2D eigenvalue weighted by Crippen LogP contribution is -2.49. The third kappa shape index (κ3) is 2.98. The third-order valence-corrected chi connectivity index (χ3v) is 4.17. The molecule has 0 amide bonds. The second kappa shape index (κ2) is 6.31. The Bertz CT molecular complexity index is 459. The van der Waals surface area contributed by atoms with Gasteiger partial charge in [-0.25, -0.2) is 4.39 Å². The first-order valence-corrected chi connectivity index (χ1v) is 7.18. The van der Waals surface area contributed by atoms with Crippen molar-refractivity contribution in [3.05, 3.63) is 17.9 Å². The second-order valence-electron chi connectivity index (χ2n) is 5.33. The molecule has 0 aliphatic carbocycles. The van der Waals surface area contributed by atoms with E-state index in [9.17, 15) is 4.39 Å². The molecule has 1 aliphatic rings. The van der Waals surface area contributed by atoms with Crippen LogP contribution in [0.3, 0.4) is 0 Å². The van der Waals surface area contributed by atoms with Crippen LogP contribution < -0.4 is 15.4 Å². The number of hydrogen-bond donors (Lipinski definition) is 1. The van der Waals surface area contributed by atoms with Crippen molar-refractivity contribution in [1.29, 1.82) is 0 Å². The van der Waals surface area contributed by atoms with Gasteiger partial charge in [-0.15, -0.1) is 0 Å². The topological polar surface area (TPSA) is 41.7 Å². The average molecular weight is 281 g/mol. The summed E-state index contributed by atoms with van der Waals surface area (Å²) >= 11 is 0. The van der Waals surface area contributed by atoms with E-state index in [1.54, 1.807) is 6.07 Å². The van der Waals surface area contributed by atoms with E-state index in [0.29, 0.717) is 11.7 Å². The van der Waals surface area contributed by atoms with Crippen molar-refractivity contribution < 1.29 is 9.13 Å². The van der Waals surface area contributed by atoms with Gasteiger partial charge in [0, 0.05) is 44.4 Å². The third-order valence-electron chi connectivity index (χ3n) is 4.17. The monoisotopic (exact) mass is 281 g/mol. The number of hydrogen-bond acceptors (Lipinski definition) is 4. The Hall–Kier alpha value is -1.49. The molecule has 1 saturated heterocycles. The first-order valence-electron chi connectivity index (χ1n) is 7.18. The SMILES string of the molecule is CCC(C)N1CCN(c2cc(OC)c(F)cc2N)CC1. The maximum absolute atomic E-state index is 13.6. The molecule has 4 nitrogen and oxygen atoms in total. The van der Waals surface area contributed by atoms with Crippen molar-refractivity contribution in [2.24, 2.45) is 0 Å². The van der Waals surface area contributed by atoms with Crippen molar-refractivity contribution in [2.75, 3.05) is 43.9 Å². The Morgan fingerprint density at radius 1 is 1.30 bits per heavy atom. The van der Waals surface area contributed by atoms with Gasteiger partial charge in [0.1, 0.15) is 0 Å². The number of benzene rings is 1. The van der Waals surface area contributed by atoms with Gasteiger partial charge in [0.05, 0.1) is 18.5 Å². The molecule has 112 valence electrons. The molecule has 1 aromatic carbocycles. The minimum Gasteiger partial charge on any atom is -0.494 e. The van der Waals surface area contributed by atoms with Crippen molar-refractivity contribution in [3.63, 3.8) is 0 Å². The molecule has 1 heterocycles. The van der Waals surface area contributed by atoms with Crippen molar-refractivity contribution in [3.8, 4) is 5.75 Å². The van der Waals surface area contributed by atoms with Gasteiger partial charge in [-0.05, 0) is 13.3 Å². The molecule has 0 saturated carbocycles. The highest BCUT2D eigenvalue weighted by atomic mass is 19.1. The number of anilines is 2. The molecular weight excluding hydrogens is 257 g/mol. The van der Waals surface area contributed by atoms with E-state index in [4.69, 9.17) is 10.5 Å². The molecule has 0 spiro atoms. The van der Waals surface area contributed by atoms with Gasteiger partial charge in [0.15, 0.2) is 11.6 Å².